The number of anilines is 1. The van der Waals surface area contributed by atoms with Crippen LogP contribution >= 0.6 is 22.9 Å². The minimum Gasteiger partial charge on any atom is -0.372 e. The number of aryl methyl sites for hydroxylation is 2. The zero-order valence-corrected chi connectivity index (χ0v) is 13.4. The molecular formula is C15H13ClFN3S. The quantitative estimate of drug-likeness (QED) is 0.736. The number of rotatable bonds is 2. The highest BCUT2D eigenvalue weighted by molar-refractivity contribution is 7.18. The number of fused-ring (bicyclic) bond motifs is 1. The molecule has 6 heteroatoms. The van der Waals surface area contributed by atoms with E-state index in [1.54, 1.807) is 24.5 Å². The van der Waals surface area contributed by atoms with Gasteiger partial charge in [-0.1, -0.05) is 11.6 Å². The van der Waals surface area contributed by atoms with Crippen LogP contribution in [0.5, 0.6) is 0 Å². The standard InChI is InChI=1S/C15H13ClFN3S/c1-7-8(2)21-15-12(7)14(18-3)19-13(20-15)10-6-9(16)4-5-11(10)17/h4-6H,1-3H3,(H,18,19,20). The number of nitrogens with zero attached hydrogens (tertiary/aromatic N) is 2. The Morgan fingerprint density at radius 3 is 2.71 bits per heavy atom. The monoisotopic (exact) mass is 321 g/mol. The predicted octanol–water partition coefficient (Wildman–Crippen LogP) is 4.81. The summed E-state index contributed by atoms with van der Waals surface area (Å²) in [5, 5.41) is 4.52. The first-order valence-corrected chi connectivity index (χ1v) is 7.61. The molecule has 2 aromatic heterocycles. The maximum atomic E-state index is 14.0. The molecule has 0 amide bonds. The van der Waals surface area contributed by atoms with E-state index in [2.05, 4.69) is 15.3 Å². The Morgan fingerprint density at radius 1 is 1.24 bits per heavy atom. The van der Waals surface area contributed by atoms with Gasteiger partial charge in [-0.15, -0.1) is 11.3 Å². The van der Waals surface area contributed by atoms with Crippen LogP contribution < -0.4 is 5.32 Å². The summed E-state index contributed by atoms with van der Waals surface area (Å²) in [6.45, 7) is 4.08. The van der Waals surface area contributed by atoms with E-state index < -0.39 is 0 Å². The molecule has 0 saturated heterocycles. The smallest absolute Gasteiger partial charge is 0.166 e. The first-order chi connectivity index (χ1) is 10.0. The third-order valence-corrected chi connectivity index (χ3v) is 4.77. The van der Waals surface area contributed by atoms with Crippen LogP contribution in [0.1, 0.15) is 10.4 Å². The summed E-state index contributed by atoms with van der Waals surface area (Å²) in [7, 11) is 1.80. The van der Waals surface area contributed by atoms with Crippen molar-refractivity contribution in [3.05, 3.63) is 39.5 Å². The maximum absolute atomic E-state index is 14.0. The van der Waals surface area contributed by atoms with Crippen LogP contribution in [0, 0.1) is 19.7 Å². The van der Waals surface area contributed by atoms with E-state index >= 15 is 0 Å². The molecule has 0 radical (unpaired) electrons. The second-order valence-corrected chi connectivity index (χ2v) is 6.37. The molecule has 2 heterocycles. The molecule has 3 aromatic rings. The molecule has 21 heavy (non-hydrogen) atoms. The summed E-state index contributed by atoms with van der Waals surface area (Å²) in [5.74, 6) is 0.662. The summed E-state index contributed by atoms with van der Waals surface area (Å²) in [6, 6.07) is 4.39. The second kappa shape index (κ2) is 5.24. The van der Waals surface area contributed by atoms with Gasteiger partial charge in [0.05, 0.1) is 10.9 Å². The van der Waals surface area contributed by atoms with Crippen LogP contribution in [0.4, 0.5) is 10.2 Å². The van der Waals surface area contributed by atoms with E-state index in [9.17, 15) is 4.39 Å². The van der Waals surface area contributed by atoms with Crippen molar-refractivity contribution in [1.82, 2.24) is 9.97 Å². The lowest BCUT2D eigenvalue weighted by Crippen LogP contribution is -1.99. The Kier molecular flexibility index (Phi) is 3.55. The maximum Gasteiger partial charge on any atom is 0.166 e. The van der Waals surface area contributed by atoms with E-state index in [0.717, 1.165) is 15.8 Å². The summed E-state index contributed by atoms with van der Waals surface area (Å²) in [6.07, 6.45) is 0. The lowest BCUT2D eigenvalue weighted by Gasteiger charge is -2.07. The van der Waals surface area contributed by atoms with Gasteiger partial charge in [0.1, 0.15) is 16.5 Å². The number of thiophene rings is 1. The Labute approximate surface area is 130 Å². The highest BCUT2D eigenvalue weighted by Crippen LogP contribution is 2.35. The van der Waals surface area contributed by atoms with Gasteiger partial charge in [-0.05, 0) is 37.6 Å². The summed E-state index contributed by atoms with van der Waals surface area (Å²) >= 11 is 7.53. The average Bonchev–Trinajstić information content (AvgIpc) is 2.76. The van der Waals surface area contributed by atoms with E-state index in [1.807, 2.05) is 13.8 Å². The Balaban J connectivity index is 2.32. The summed E-state index contributed by atoms with van der Waals surface area (Å²) < 4.78 is 14.0. The fourth-order valence-electron chi connectivity index (χ4n) is 2.22. The van der Waals surface area contributed by atoms with Crippen LogP contribution in [0.15, 0.2) is 18.2 Å². The largest absolute Gasteiger partial charge is 0.372 e. The van der Waals surface area contributed by atoms with Crippen LogP contribution in [-0.4, -0.2) is 17.0 Å². The van der Waals surface area contributed by atoms with Crippen molar-refractivity contribution >= 4 is 39.0 Å². The molecule has 0 saturated carbocycles. The van der Waals surface area contributed by atoms with Gasteiger partial charge in [0.15, 0.2) is 5.82 Å². The SMILES string of the molecule is CNc1nc(-c2cc(Cl)ccc2F)nc2sc(C)c(C)c12. The third kappa shape index (κ3) is 2.36. The van der Waals surface area contributed by atoms with Crippen molar-refractivity contribution in [3.8, 4) is 11.4 Å². The first kappa shape index (κ1) is 14.2. The van der Waals surface area contributed by atoms with Gasteiger partial charge in [0.2, 0.25) is 0 Å². The van der Waals surface area contributed by atoms with Crippen LogP contribution in [0.3, 0.4) is 0 Å². The number of benzene rings is 1. The summed E-state index contributed by atoms with van der Waals surface area (Å²) in [4.78, 5) is 11.0. The Morgan fingerprint density at radius 2 is 2.00 bits per heavy atom. The predicted molar refractivity (Wildman–Crippen MR) is 86.8 cm³/mol. The van der Waals surface area contributed by atoms with Gasteiger partial charge in [0, 0.05) is 16.9 Å². The normalized spacial score (nSPS) is 11.1. The lowest BCUT2D eigenvalue weighted by atomic mass is 10.1. The van der Waals surface area contributed by atoms with Crippen LogP contribution in [0.2, 0.25) is 5.02 Å². The molecular weight excluding hydrogens is 309 g/mol. The number of aromatic nitrogens is 2. The molecule has 0 aliphatic heterocycles. The zero-order chi connectivity index (χ0) is 15.1. The topological polar surface area (TPSA) is 37.8 Å². The highest BCUT2D eigenvalue weighted by atomic mass is 35.5. The Bertz CT molecular complexity index is 845. The minimum absolute atomic E-state index is 0.310. The number of hydrogen-bond donors (Lipinski definition) is 1. The fraction of sp³-hybridized carbons (Fsp3) is 0.200. The third-order valence-electron chi connectivity index (χ3n) is 3.43. The van der Waals surface area contributed by atoms with Gasteiger partial charge >= 0.3 is 0 Å². The number of nitrogens with one attached hydrogen (secondary N) is 1. The van der Waals surface area contributed by atoms with Gasteiger partial charge in [-0.3, -0.25) is 0 Å². The molecule has 3 rings (SSSR count). The second-order valence-electron chi connectivity index (χ2n) is 4.73. The fourth-order valence-corrected chi connectivity index (χ4v) is 3.42. The molecule has 0 aliphatic rings. The average molecular weight is 322 g/mol. The van der Waals surface area contributed by atoms with Gasteiger partial charge in [-0.25, -0.2) is 14.4 Å². The molecule has 0 atom stereocenters. The van der Waals surface area contributed by atoms with Crippen molar-refractivity contribution in [2.75, 3.05) is 12.4 Å². The molecule has 0 spiro atoms. The van der Waals surface area contributed by atoms with Gasteiger partial charge in [0.25, 0.3) is 0 Å². The molecule has 1 N–H and O–H groups in total. The van der Waals surface area contributed by atoms with E-state index in [0.29, 0.717) is 22.2 Å². The van der Waals surface area contributed by atoms with E-state index in [1.165, 1.54) is 17.0 Å². The Hall–Kier alpha value is -1.72. The first-order valence-electron chi connectivity index (χ1n) is 6.42. The molecule has 3 nitrogen and oxygen atoms in total. The van der Waals surface area contributed by atoms with E-state index in [-0.39, 0.29) is 5.82 Å². The molecule has 0 fully saturated rings. The van der Waals surface area contributed by atoms with Crippen molar-refractivity contribution in [2.24, 2.45) is 0 Å². The van der Waals surface area contributed by atoms with Gasteiger partial charge < -0.3 is 5.32 Å². The van der Waals surface area contributed by atoms with Crippen LogP contribution in [0.25, 0.3) is 21.6 Å². The molecule has 0 bridgehead atoms. The molecule has 0 aliphatic carbocycles. The summed E-state index contributed by atoms with van der Waals surface area (Å²) in [5.41, 5.74) is 1.46. The van der Waals surface area contributed by atoms with Crippen LogP contribution in [-0.2, 0) is 0 Å². The number of halogens is 2. The number of hydrogen-bond acceptors (Lipinski definition) is 4. The minimum atomic E-state index is -0.384. The lowest BCUT2D eigenvalue weighted by molar-refractivity contribution is 0.630. The van der Waals surface area contributed by atoms with Crippen molar-refractivity contribution in [3.63, 3.8) is 0 Å². The van der Waals surface area contributed by atoms with Gasteiger partial charge in [-0.2, -0.15) is 0 Å². The van der Waals surface area contributed by atoms with E-state index in [4.69, 9.17) is 11.6 Å². The zero-order valence-electron chi connectivity index (χ0n) is 11.8. The molecule has 1 aromatic carbocycles. The van der Waals surface area contributed by atoms with Crippen molar-refractivity contribution in [1.29, 1.82) is 0 Å². The molecule has 0 unspecified atom stereocenters. The molecule has 108 valence electrons. The van der Waals surface area contributed by atoms with Crippen molar-refractivity contribution < 1.29 is 4.39 Å². The van der Waals surface area contributed by atoms with Crippen molar-refractivity contribution in [2.45, 2.75) is 13.8 Å². The highest BCUT2D eigenvalue weighted by Gasteiger charge is 2.16.